The summed E-state index contributed by atoms with van der Waals surface area (Å²) < 4.78 is 5.81. The van der Waals surface area contributed by atoms with Crippen molar-refractivity contribution in [3.05, 3.63) is 64.7 Å². The van der Waals surface area contributed by atoms with Gasteiger partial charge in [0.05, 0.1) is 6.04 Å². The van der Waals surface area contributed by atoms with Crippen molar-refractivity contribution in [2.45, 2.75) is 45.8 Å². The number of hydrogen-bond acceptors (Lipinski definition) is 2. The summed E-state index contributed by atoms with van der Waals surface area (Å²) in [5, 5.41) is 3.74. The van der Waals surface area contributed by atoms with Gasteiger partial charge in [0.25, 0.3) is 5.91 Å². The molecule has 2 aromatic carbocycles. The number of ether oxygens (including phenoxy) is 1. The molecule has 1 amide bonds. The topological polar surface area (TPSA) is 38.3 Å². The maximum atomic E-state index is 12.6. The van der Waals surface area contributed by atoms with Crippen LogP contribution in [0.15, 0.2) is 48.5 Å². The van der Waals surface area contributed by atoms with E-state index in [2.05, 4.69) is 43.4 Å². The number of amides is 1. The van der Waals surface area contributed by atoms with Gasteiger partial charge in [-0.15, -0.1) is 0 Å². The Kier molecular flexibility index (Phi) is 6.68. The van der Waals surface area contributed by atoms with Gasteiger partial charge >= 0.3 is 0 Å². The molecule has 0 aliphatic carbocycles. The van der Waals surface area contributed by atoms with E-state index in [1.807, 2.05) is 6.92 Å². The van der Waals surface area contributed by atoms with Crippen LogP contribution in [-0.4, -0.2) is 12.0 Å². The molecule has 0 saturated heterocycles. The number of benzene rings is 2. The Bertz CT molecular complexity index is 652. The molecule has 0 radical (unpaired) electrons. The van der Waals surface area contributed by atoms with Gasteiger partial charge in [-0.2, -0.15) is 0 Å². The third-order valence-electron chi connectivity index (χ3n) is 3.96. The molecule has 4 heteroatoms. The van der Waals surface area contributed by atoms with E-state index >= 15 is 0 Å². The minimum atomic E-state index is -0.523. The number of nitrogens with one attached hydrogen (secondary N) is 1. The Morgan fingerprint density at radius 3 is 2.21 bits per heavy atom. The van der Waals surface area contributed by atoms with Gasteiger partial charge in [-0.3, -0.25) is 4.79 Å². The first-order valence-electron chi connectivity index (χ1n) is 8.32. The first-order chi connectivity index (χ1) is 11.5. The average molecular weight is 346 g/mol. The van der Waals surface area contributed by atoms with E-state index in [0.29, 0.717) is 17.2 Å². The molecule has 0 aliphatic rings. The van der Waals surface area contributed by atoms with E-state index in [1.54, 1.807) is 24.3 Å². The van der Waals surface area contributed by atoms with Crippen LogP contribution in [0, 0.1) is 6.92 Å². The highest BCUT2D eigenvalue weighted by atomic mass is 35.5. The minimum absolute atomic E-state index is 0.0130. The molecule has 0 heterocycles. The smallest absolute Gasteiger partial charge is 0.261 e. The lowest BCUT2D eigenvalue weighted by Gasteiger charge is -2.22. The predicted octanol–water partition coefficient (Wildman–Crippen LogP) is 5.07. The molecule has 0 bridgehead atoms. The fourth-order valence-corrected chi connectivity index (χ4v) is 2.61. The van der Waals surface area contributed by atoms with Crippen molar-refractivity contribution in [3.63, 3.8) is 0 Å². The maximum Gasteiger partial charge on any atom is 0.261 e. The Hall–Kier alpha value is -2.00. The number of carbonyl (C=O) groups excluding carboxylic acids is 1. The van der Waals surface area contributed by atoms with E-state index in [1.165, 1.54) is 5.56 Å². The maximum absolute atomic E-state index is 12.6. The first kappa shape index (κ1) is 18.3. The van der Waals surface area contributed by atoms with Crippen LogP contribution in [0.25, 0.3) is 0 Å². The summed E-state index contributed by atoms with van der Waals surface area (Å²) >= 11 is 5.88. The largest absolute Gasteiger partial charge is 0.481 e. The molecule has 0 aromatic heterocycles. The second kappa shape index (κ2) is 8.74. The van der Waals surface area contributed by atoms with Crippen molar-refractivity contribution in [1.29, 1.82) is 0 Å². The molecule has 0 unspecified atom stereocenters. The van der Waals surface area contributed by atoms with Gasteiger partial charge in [-0.1, -0.05) is 55.3 Å². The third-order valence-corrected chi connectivity index (χ3v) is 4.21. The van der Waals surface area contributed by atoms with Crippen LogP contribution in [0.3, 0.4) is 0 Å². The summed E-state index contributed by atoms with van der Waals surface area (Å²) in [4.78, 5) is 12.6. The number of halogens is 1. The van der Waals surface area contributed by atoms with Crippen molar-refractivity contribution < 1.29 is 9.53 Å². The number of rotatable bonds is 7. The third kappa shape index (κ3) is 5.00. The molecule has 2 rings (SSSR count). The van der Waals surface area contributed by atoms with Gasteiger partial charge in [0, 0.05) is 5.02 Å². The minimum Gasteiger partial charge on any atom is -0.481 e. The standard InChI is InChI=1S/C20H24ClNO2/c1-4-18(15-8-6-14(3)7-9-15)22-20(23)19(5-2)24-17-12-10-16(21)11-13-17/h6-13,18-19H,4-5H2,1-3H3,(H,22,23)/t18-,19-/m1/s1. The fourth-order valence-electron chi connectivity index (χ4n) is 2.48. The fraction of sp³-hybridized carbons (Fsp3) is 0.350. The van der Waals surface area contributed by atoms with E-state index in [0.717, 1.165) is 12.0 Å². The Balaban J connectivity index is 2.04. The lowest BCUT2D eigenvalue weighted by atomic mass is 10.0. The van der Waals surface area contributed by atoms with E-state index in [9.17, 15) is 4.79 Å². The van der Waals surface area contributed by atoms with Gasteiger partial charge in [0.1, 0.15) is 5.75 Å². The normalized spacial score (nSPS) is 13.2. The first-order valence-corrected chi connectivity index (χ1v) is 8.70. The summed E-state index contributed by atoms with van der Waals surface area (Å²) in [7, 11) is 0. The Morgan fingerprint density at radius 1 is 1.04 bits per heavy atom. The lowest BCUT2D eigenvalue weighted by molar-refractivity contribution is -0.128. The van der Waals surface area contributed by atoms with Crippen molar-refractivity contribution in [2.24, 2.45) is 0 Å². The van der Waals surface area contributed by atoms with Crippen molar-refractivity contribution >= 4 is 17.5 Å². The molecular weight excluding hydrogens is 322 g/mol. The van der Waals surface area contributed by atoms with Gasteiger partial charge < -0.3 is 10.1 Å². The molecule has 128 valence electrons. The zero-order valence-electron chi connectivity index (χ0n) is 14.4. The Morgan fingerprint density at radius 2 is 1.67 bits per heavy atom. The summed E-state index contributed by atoms with van der Waals surface area (Å²) in [6.07, 6.45) is 0.899. The van der Waals surface area contributed by atoms with Crippen molar-refractivity contribution in [3.8, 4) is 5.75 Å². The summed E-state index contributed by atoms with van der Waals surface area (Å²) in [6.45, 7) is 6.05. The zero-order valence-corrected chi connectivity index (χ0v) is 15.1. The number of aryl methyl sites for hydroxylation is 1. The number of hydrogen-bond donors (Lipinski definition) is 1. The van der Waals surface area contributed by atoms with E-state index < -0.39 is 6.10 Å². The van der Waals surface area contributed by atoms with Gasteiger partial charge in [0.15, 0.2) is 6.10 Å². The number of carbonyl (C=O) groups is 1. The molecule has 24 heavy (non-hydrogen) atoms. The van der Waals surface area contributed by atoms with Gasteiger partial charge in [-0.05, 0) is 49.6 Å². The van der Waals surface area contributed by atoms with Crippen LogP contribution < -0.4 is 10.1 Å². The lowest BCUT2D eigenvalue weighted by Crippen LogP contribution is -2.39. The highest BCUT2D eigenvalue weighted by Gasteiger charge is 2.21. The van der Waals surface area contributed by atoms with E-state index in [4.69, 9.17) is 16.3 Å². The molecule has 3 nitrogen and oxygen atoms in total. The van der Waals surface area contributed by atoms with Crippen molar-refractivity contribution in [2.75, 3.05) is 0 Å². The van der Waals surface area contributed by atoms with Gasteiger partial charge in [-0.25, -0.2) is 0 Å². The zero-order chi connectivity index (χ0) is 17.5. The molecule has 0 fully saturated rings. The van der Waals surface area contributed by atoms with Gasteiger partial charge in [0.2, 0.25) is 0 Å². The highest BCUT2D eigenvalue weighted by Crippen LogP contribution is 2.20. The van der Waals surface area contributed by atoms with Crippen LogP contribution in [0.1, 0.15) is 43.9 Å². The molecule has 1 N–H and O–H groups in total. The molecule has 0 spiro atoms. The molecule has 2 atom stereocenters. The molecule has 0 aliphatic heterocycles. The highest BCUT2D eigenvalue weighted by molar-refractivity contribution is 6.30. The quantitative estimate of drug-likeness (QED) is 0.760. The summed E-state index contributed by atoms with van der Waals surface area (Å²) in [6, 6.07) is 15.3. The second-order valence-corrected chi connectivity index (χ2v) is 6.29. The molecule has 2 aromatic rings. The Labute approximate surface area is 149 Å². The van der Waals surface area contributed by atoms with E-state index in [-0.39, 0.29) is 11.9 Å². The summed E-state index contributed by atoms with van der Waals surface area (Å²) in [5.41, 5.74) is 2.32. The molecular formula is C20H24ClNO2. The average Bonchev–Trinajstić information content (AvgIpc) is 2.59. The van der Waals surface area contributed by atoms with Crippen LogP contribution in [0.5, 0.6) is 5.75 Å². The van der Waals surface area contributed by atoms with Crippen LogP contribution in [-0.2, 0) is 4.79 Å². The molecule has 0 saturated carbocycles. The van der Waals surface area contributed by atoms with Crippen LogP contribution >= 0.6 is 11.6 Å². The SMILES string of the molecule is CC[C@@H](Oc1ccc(Cl)cc1)C(=O)N[C@H](CC)c1ccc(C)cc1. The van der Waals surface area contributed by atoms with Crippen molar-refractivity contribution in [1.82, 2.24) is 5.32 Å². The second-order valence-electron chi connectivity index (χ2n) is 5.85. The summed E-state index contributed by atoms with van der Waals surface area (Å²) in [5.74, 6) is 0.546. The van der Waals surface area contributed by atoms with Crippen LogP contribution in [0.2, 0.25) is 5.02 Å². The monoisotopic (exact) mass is 345 g/mol. The predicted molar refractivity (Wildman–Crippen MR) is 98.5 cm³/mol. The van der Waals surface area contributed by atoms with Crippen LogP contribution in [0.4, 0.5) is 0 Å².